The zero-order valence-electron chi connectivity index (χ0n) is 11.8. The van der Waals surface area contributed by atoms with Crippen LogP contribution in [0.3, 0.4) is 0 Å². The van der Waals surface area contributed by atoms with Crippen molar-refractivity contribution in [3.63, 3.8) is 0 Å². The van der Waals surface area contributed by atoms with E-state index in [2.05, 4.69) is 4.72 Å². The van der Waals surface area contributed by atoms with Crippen LogP contribution in [0.4, 0.5) is 0 Å². The minimum Gasteiger partial charge on any atom is -0.478 e. The molecule has 0 saturated heterocycles. The zero-order valence-corrected chi connectivity index (χ0v) is 12.6. The van der Waals surface area contributed by atoms with Crippen LogP contribution in [0.25, 0.3) is 6.08 Å². The summed E-state index contributed by atoms with van der Waals surface area (Å²) in [5.41, 5.74) is 1.15. The highest BCUT2D eigenvalue weighted by atomic mass is 32.2. The van der Waals surface area contributed by atoms with Gasteiger partial charge in [-0.25, -0.2) is 17.9 Å². The molecule has 0 bridgehead atoms. The van der Waals surface area contributed by atoms with E-state index in [0.717, 1.165) is 6.08 Å². The van der Waals surface area contributed by atoms with Crippen molar-refractivity contribution in [2.24, 2.45) is 0 Å². The first-order valence-electron chi connectivity index (χ1n) is 6.30. The molecule has 110 valence electrons. The second-order valence-electron chi connectivity index (χ2n) is 4.63. The van der Waals surface area contributed by atoms with E-state index in [-0.39, 0.29) is 10.9 Å². The van der Waals surface area contributed by atoms with Gasteiger partial charge in [-0.2, -0.15) is 0 Å². The van der Waals surface area contributed by atoms with Gasteiger partial charge >= 0.3 is 5.97 Å². The molecule has 0 saturated carbocycles. The van der Waals surface area contributed by atoms with Crippen molar-refractivity contribution >= 4 is 22.1 Å². The zero-order chi connectivity index (χ0) is 15.3. The molecule has 0 aliphatic carbocycles. The smallest absolute Gasteiger partial charge is 0.328 e. The number of carboxylic acid groups (broad SMARTS) is 1. The molecule has 1 atom stereocenters. The summed E-state index contributed by atoms with van der Waals surface area (Å²) in [5, 5.41) is 8.59. The summed E-state index contributed by atoms with van der Waals surface area (Å²) in [6.45, 7) is 5.39. The second-order valence-corrected chi connectivity index (χ2v) is 6.31. The highest BCUT2D eigenvalue weighted by Crippen LogP contribution is 2.18. The Morgan fingerprint density at radius 2 is 2.10 bits per heavy atom. The molecule has 0 spiro atoms. The molecule has 1 rings (SSSR count). The molecule has 2 N–H and O–H groups in total. The Bertz CT molecular complexity index is 620. The number of benzene rings is 1. The second kappa shape index (κ2) is 6.67. The highest BCUT2D eigenvalue weighted by molar-refractivity contribution is 7.89. The van der Waals surface area contributed by atoms with E-state index in [0.29, 0.717) is 17.5 Å². The fourth-order valence-electron chi connectivity index (χ4n) is 1.59. The van der Waals surface area contributed by atoms with Gasteiger partial charge in [0.2, 0.25) is 10.0 Å². The van der Waals surface area contributed by atoms with Crippen molar-refractivity contribution in [1.82, 2.24) is 4.72 Å². The van der Waals surface area contributed by atoms with Gasteiger partial charge < -0.3 is 5.11 Å². The van der Waals surface area contributed by atoms with Gasteiger partial charge in [0.05, 0.1) is 4.90 Å². The van der Waals surface area contributed by atoms with E-state index >= 15 is 0 Å². The number of aryl methyl sites for hydroxylation is 1. The molecule has 5 nitrogen and oxygen atoms in total. The normalized spacial score (nSPS) is 13.6. The summed E-state index contributed by atoms with van der Waals surface area (Å²) in [7, 11) is -3.59. The summed E-state index contributed by atoms with van der Waals surface area (Å²) in [6.07, 6.45) is 3.03. The molecule has 0 amide bonds. The molecular weight excluding hydrogens is 278 g/mol. The molecule has 0 radical (unpaired) electrons. The molecule has 1 unspecified atom stereocenters. The van der Waals surface area contributed by atoms with Crippen LogP contribution in [0.2, 0.25) is 0 Å². The first kappa shape index (κ1) is 16.4. The molecule has 20 heavy (non-hydrogen) atoms. The van der Waals surface area contributed by atoms with Crippen molar-refractivity contribution in [3.8, 4) is 0 Å². The topological polar surface area (TPSA) is 83.5 Å². The Morgan fingerprint density at radius 1 is 1.45 bits per heavy atom. The maximum absolute atomic E-state index is 12.3. The Labute approximate surface area is 119 Å². The predicted octanol–water partition coefficient (Wildman–Crippen LogP) is 2.17. The number of carbonyl (C=O) groups is 1. The Hall–Kier alpha value is -1.66. The first-order chi connectivity index (χ1) is 9.26. The maximum Gasteiger partial charge on any atom is 0.328 e. The summed E-state index contributed by atoms with van der Waals surface area (Å²) >= 11 is 0. The number of nitrogens with one attached hydrogen (secondary N) is 1. The number of aliphatic carboxylic acids is 1. The van der Waals surface area contributed by atoms with E-state index in [1.807, 2.05) is 6.92 Å². The van der Waals surface area contributed by atoms with Crippen LogP contribution in [0, 0.1) is 6.92 Å². The van der Waals surface area contributed by atoms with Crippen molar-refractivity contribution in [2.75, 3.05) is 0 Å². The van der Waals surface area contributed by atoms with Crippen LogP contribution < -0.4 is 4.72 Å². The van der Waals surface area contributed by atoms with Crippen LogP contribution in [-0.4, -0.2) is 25.5 Å². The van der Waals surface area contributed by atoms with Gasteiger partial charge in [-0.05, 0) is 43.5 Å². The van der Waals surface area contributed by atoms with Crippen LogP contribution in [-0.2, 0) is 14.8 Å². The fourth-order valence-corrected chi connectivity index (χ4v) is 3.20. The van der Waals surface area contributed by atoms with Crippen molar-refractivity contribution in [3.05, 3.63) is 35.4 Å². The van der Waals surface area contributed by atoms with E-state index in [1.54, 1.807) is 26.0 Å². The third-order valence-corrected chi connectivity index (χ3v) is 4.62. The number of sulfonamides is 1. The average molecular weight is 297 g/mol. The quantitative estimate of drug-likeness (QED) is 0.788. The Balaban J connectivity index is 3.17. The number of carboxylic acids is 1. The van der Waals surface area contributed by atoms with Gasteiger partial charge in [-0.1, -0.05) is 19.1 Å². The van der Waals surface area contributed by atoms with Crippen LogP contribution in [0.1, 0.15) is 31.4 Å². The lowest BCUT2D eigenvalue weighted by Crippen LogP contribution is -2.32. The lowest BCUT2D eigenvalue weighted by molar-refractivity contribution is -0.131. The molecule has 1 aromatic rings. The minimum absolute atomic E-state index is 0.155. The molecule has 0 fully saturated rings. The SMILES string of the molecule is CCC(C)NS(=O)(=O)c1cc(C=CC(=O)O)ccc1C. The summed E-state index contributed by atoms with van der Waals surface area (Å²) in [6, 6.07) is 4.65. The first-order valence-corrected chi connectivity index (χ1v) is 7.78. The van der Waals surface area contributed by atoms with Crippen LogP contribution in [0.15, 0.2) is 29.2 Å². The molecule has 1 aromatic carbocycles. The lowest BCUT2D eigenvalue weighted by atomic mass is 10.1. The van der Waals surface area contributed by atoms with E-state index < -0.39 is 16.0 Å². The molecular formula is C14H19NO4S. The van der Waals surface area contributed by atoms with Gasteiger partial charge in [0, 0.05) is 12.1 Å². The van der Waals surface area contributed by atoms with Crippen LogP contribution in [0.5, 0.6) is 0 Å². The predicted molar refractivity (Wildman–Crippen MR) is 77.9 cm³/mol. The number of rotatable bonds is 6. The lowest BCUT2D eigenvalue weighted by Gasteiger charge is -2.14. The van der Waals surface area contributed by atoms with Crippen molar-refractivity contribution in [1.29, 1.82) is 0 Å². The van der Waals surface area contributed by atoms with Crippen molar-refractivity contribution in [2.45, 2.75) is 38.1 Å². The summed E-state index contributed by atoms with van der Waals surface area (Å²) < 4.78 is 27.1. The third-order valence-electron chi connectivity index (χ3n) is 2.89. The summed E-state index contributed by atoms with van der Waals surface area (Å²) in [5.74, 6) is -1.08. The largest absolute Gasteiger partial charge is 0.478 e. The Kier molecular flexibility index (Phi) is 5.47. The molecule has 0 aromatic heterocycles. The van der Waals surface area contributed by atoms with Gasteiger partial charge in [-0.3, -0.25) is 0 Å². The standard InChI is InChI=1S/C14H19NO4S/c1-4-11(3)15-20(18,19)13-9-12(6-5-10(13)2)7-8-14(16)17/h5-9,11,15H,4H2,1-3H3,(H,16,17). The minimum atomic E-state index is -3.59. The van der Waals surface area contributed by atoms with Gasteiger partial charge in [0.15, 0.2) is 0 Å². The van der Waals surface area contributed by atoms with Gasteiger partial charge in [0.1, 0.15) is 0 Å². The number of hydrogen-bond donors (Lipinski definition) is 2. The Morgan fingerprint density at radius 3 is 2.65 bits per heavy atom. The van der Waals surface area contributed by atoms with Crippen molar-refractivity contribution < 1.29 is 18.3 Å². The van der Waals surface area contributed by atoms with Gasteiger partial charge in [-0.15, -0.1) is 0 Å². The third kappa shape index (κ3) is 4.47. The van der Waals surface area contributed by atoms with Gasteiger partial charge in [0.25, 0.3) is 0 Å². The monoisotopic (exact) mass is 297 g/mol. The average Bonchev–Trinajstić information content (AvgIpc) is 2.36. The molecule has 0 aliphatic rings. The van der Waals surface area contributed by atoms with Crippen LogP contribution >= 0.6 is 0 Å². The molecule has 0 aliphatic heterocycles. The van der Waals surface area contributed by atoms with E-state index in [9.17, 15) is 13.2 Å². The maximum atomic E-state index is 12.3. The molecule has 0 heterocycles. The molecule has 6 heteroatoms. The summed E-state index contributed by atoms with van der Waals surface area (Å²) in [4.78, 5) is 10.7. The highest BCUT2D eigenvalue weighted by Gasteiger charge is 2.18. The van der Waals surface area contributed by atoms with E-state index in [1.165, 1.54) is 12.1 Å². The number of hydrogen-bond acceptors (Lipinski definition) is 3. The fraction of sp³-hybridized carbons (Fsp3) is 0.357. The van der Waals surface area contributed by atoms with E-state index in [4.69, 9.17) is 5.11 Å².